The average molecular weight is 424 g/mol. The van der Waals surface area contributed by atoms with Crippen LogP contribution in [0.25, 0.3) is 11.0 Å². The molecule has 1 unspecified atom stereocenters. The van der Waals surface area contributed by atoms with E-state index in [0.717, 1.165) is 16.7 Å². The zero-order valence-corrected chi connectivity index (χ0v) is 18.5. The van der Waals surface area contributed by atoms with Crippen LogP contribution >= 0.6 is 0 Å². The lowest BCUT2D eigenvalue weighted by molar-refractivity contribution is 0.0714. The molecule has 1 aliphatic rings. The van der Waals surface area contributed by atoms with Gasteiger partial charge in [0.1, 0.15) is 5.58 Å². The summed E-state index contributed by atoms with van der Waals surface area (Å²) in [6, 6.07) is 23.0. The molecule has 5 rings (SSSR count). The first-order valence-electron chi connectivity index (χ1n) is 11.0. The Balaban J connectivity index is 1.68. The van der Waals surface area contributed by atoms with Crippen LogP contribution in [-0.4, -0.2) is 10.8 Å². The van der Waals surface area contributed by atoms with Crippen LogP contribution in [0.1, 0.15) is 64.2 Å². The first-order chi connectivity index (χ1) is 15.4. The number of aryl methyl sites for hydroxylation is 1. The normalized spacial score (nSPS) is 15.6. The summed E-state index contributed by atoms with van der Waals surface area (Å²) in [5.41, 5.74) is 5.03. The molecule has 4 nitrogen and oxygen atoms in total. The lowest BCUT2D eigenvalue weighted by atomic mass is 9.95. The maximum atomic E-state index is 13.5. The monoisotopic (exact) mass is 423 g/mol. The fourth-order valence-electron chi connectivity index (χ4n) is 4.43. The minimum Gasteiger partial charge on any atom is -0.450 e. The number of hydrogen-bond acceptors (Lipinski definition) is 3. The van der Waals surface area contributed by atoms with Crippen LogP contribution in [0.5, 0.6) is 0 Å². The summed E-state index contributed by atoms with van der Waals surface area (Å²) < 4.78 is 6.01. The first kappa shape index (κ1) is 20.3. The maximum Gasteiger partial charge on any atom is 0.291 e. The Morgan fingerprint density at radius 3 is 2.28 bits per heavy atom. The molecule has 1 aromatic heterocycles. The smallest absolute Gasteiger partial charge is 0.291 e. The van der Waals surface area contributed by atoms with E-state index in [-0.39, 0.29) is 17.1 Å². The SMILES string of the molecule is Cc1ccc(CN2C(=O)c3oc4ccccc4c(=O)c3C2c2ccc(C(C)C)cc2)cc1. The van der Waals surface area contributed by atoms with E-state index >= 15 is 0 Å². The second-order valence-corrected chi connectivity index (χ2v) is 8.81. The second-order valence-electron chi connectivity index (χ2n) is 8.81. The first-order valence-corrected chi connectivity index (χ1v) is 11.0. The lowest BCUT2D eigenvalue weighted by Crippen LogP contribution is -2.29. The van der Waals surface area contributed by atoms with Gasteiger partial charge in [-0.3, -0.25) is 9.59 Å². The summed E-state index contributed by atoms with van der Waals surface area (Å²) >= 11 is 0. The van der Waals surface area contributed by atoms with Crippen LogP contribution in [0.3, 0.4) is 0 Å². The molecule has 160 valence electrons. The van der Waals surface area contributed by atoms with E-state index in [0.29, 0.717) is 29.0 Å². The minimum absolute atomic E-state index is 0.139. The molecule has 3 aromatic carbocycles. The van der Waals surface area contributed by atoms with E-state index in [2.05, 4.69) is 26.0 Å². The van der Waals surface area contributed by atoms with Crippen molar-refractivity contribution in [1.29, 1.82) is 0 Å². The zero-order valence-electron chi connectivity index (χ0n) is 18.5. The number of amides is 1. The Kier molecular flexibility index (Phi) is 4.93. The van der Waals surface area contributed by atoms with Crippen molar-refractivity contribution >= 4 is 16.9 Å². The Morgan fingerprint density at radius 1 is 0.906 bits per heavy atom. The Labute approximate surface area is 187 Å². The van der Waals surface area contributed by atoms with E-state index in [4.69, 9.17) is 4.42 Å². The highest BCUT2D eigenvalue weighted by Crippen LogP contribution is 2.39. The van der Waals surface area contributed by atoms with Crippen molar-refractivity contribution in [3.63, 3.8) is 0 Å². The van der Waals surface area contributed by atoms with E-state index in [1.165, 1.54) is 5.56 Å². The molecule has 0 saturated heterocycles. The zero-order chi connectivity index (χ0) is 22.4. The molecular weight excluding hydrogens is 398 g/mol. The van der Waals surface area contributed by atoms with Gasteiger partial charge in [0.25, 0.3) is 5.91 Å². The Morgan fingerprint density at radius 2 is 1.59 bits per heavy atom. The quantitative estimate of drug-likeness (QED) is 0.406. The van der Waals surface area contributed by atoms with E-state index < -0.39 is 6.04 Å². The summed E-state index contributed by atoms with van der Waals surface area (Å²) in [7, 11) is 0. The van der Waals surface area contributed by atoms with Crippen LogP contribution in [0, 0.1) is 6.92 Å². The molecule has 0 saturated carbocycles. The van der Waals surface area contributed by atoms with Crippen molar-refractivity contribution in [3.8, 4) is 0 Å². The van der Waals surface area contributed by atoms with Gasteiger partial charge >= 0.3 is 0 Å². The van der Waals surface area contributed by atoms with Crippen LogP contribution in [0.15, 0.2) is 82.0 Å². The third-order valence-electron chi connectivity index (χ3n) is 6.27. The summed E-state index contributed by atoms with van der Waals surface area (Å²) in [5, 5.41) is 0.500. The third-order valence-corrected chi connectivity index (χ3v) is 6.27. The molecule has 0 radical (unpaired) electrons. The standard InChI is InChI=1S/C28H25NO3/c1-17(2)20-12-14-21(15-13-20)25-24-26(30)22-6-4-5-7-23(22)32-27(24)28(31)29(25)16-19-10-8-18(3)9-11-19/h4-15,17,25H,16H2,1-3H3. The summed E-state index contributed by atoms with van der Waals surface area (Å²) in [6.07, 6.45) is 0. The van der Waals surface area contributed by atoms with Crippen molar-refractivity contribution in [1.82, 2.24) is 4.90 Å². The molecule has 1 atom stereocenters. The molecule has 4 aromatic rings. The molecule has 1 amide bonds. The van der Waals surface area contributed by atoms with Crippen LogP contribution in [0.4, 0.5) is 0 Å². The van der Waals surface area contributed by atoms with Gasteiger partial charge in [-0.25, -0.2) is 0 Å². The number of rotatable bonds is 4. The molecule has 0 aliphatic carbocycles. The van der Waals surface area contributed by atoms with Gasteiger partial charge in [-0.2, -0.15) is 0 Å². The van der Waals surface area contributed by atoms with Crippen molar-refractivity contribution < 1.29 is 9.21 Å². The van der Waals surface area contributed by atoms with Crippen molar-refractivity contribution in [2.45, 2.75) is 39.3 Å². The van der Waals surface area contributed by atoms with Gasteiger partial charge in [0.05, 0.1) is 17.0 Å². The molecule has 1 aliphatic heterocycles. The van der Waals surface area contributed by atoms with E-state index in [1.54, 1.807) is 17.0 Å². The molecule has 32 heavy (non-hydrogen) atoms. The molecule has 0 N–H and O–H groups in total. The molecule has 2 heterocycles. The number of benzene rings is 3. The molecule has 0 fully saturated rings. The van der Waals surface area contributed by atoms with Crippen LogP contribution < -0.4 is 5.43 Å². The molecular formula is C28H25NO3. The number of fused-ring (bicyclic) bond motifs is 2. The predicted molar refractivity (Wildman–Crippen MR) is 126 cm³/mol. The Bertz CT molecular complexity index is 1360. The number of hydrogen-bond donors (Lipinski definition) is 0. The average Bonchev–Trinajstić information content (AvgIpc) is 3.07. The van der Waals surface area contributed by atoms with Gasteiger partial charge in [0, 0.05) is 6.54 Å². The highest BCUT2D eigenvalue weighted by Gasteiger charge is 2.42. The van der Waals surface area contributed by atoms with Gasteiger partial charge in [0.2, 0.25) is 5.76 Å². The van der Waals surface area contributed by atoms with Gasteiger partial charge in [-0.1, -0.05) is 80.1 Å². The van der Waals surface area contributed by atoms with E-state index in [1.807, 2.05) is 55.5 Å². The number of carbonyl (C=O) groups excluding carboxylic acids is 1. The molecule has 0 bridgehead atoms. The maximum absolute atomic E-state index is 13.5. The summed E-state index contributed by atoms with van der Waals surface area (Å²) in [5.74, 6) is 0.305. The minimum atomic E-state index is -0.485. The van der Waals surface area contributed by atoms with Crippen LogP contribution in [-0.2, 0) is 6.54 Å². The highest BCUT2D eigenvalue weighted by atomic mass is 16.3. The van der Waals surface area contributed by atoms with Gasteiger partial charge in [-0.05, 0) is 41.7 Å². The topological polar surface area (TPSA) is 50.5 Å². The summed E-state index contributed by atoms with van der Waals surface area (Å²) in [6.45, 7) is 6.73. The van der Waals surface area contributed by atoms with Gasteiger partial charge in [-0.15, -0.1) is 0 Å². The Hall–Kier alpha value is -3.66. The lowest BCUT2D eigenvalue weighted by Gasteiger charge is -2.25. The van der Waals surface area contributed by atoms with E-state index in [9.17, 15) is 9.59 Å². The highest BCUT2D eigenvalue weighted by molar-refractivity contribution is 5.99. The molecule has 4 heteroatoms. The van der Waals surface area contributed by atoms with Crippen molar-refractivity contribution in [2.75, 3.05) is 0 Å². The third kappa shape index (κ3) is 3.32. The molecule has 0 spiro atoms. The fraction of sp³-hybridized carbons (Fsp3) is 0.214. The number of carbonyl (C=O) groups is 1. The number of para-hydroxylation sites is 1. The summed E-state index contributed by atoms with van der Waals surface area (Å²) in [4.78, 5) is 28.8. The second kappa shape index (κ2) is 7.79. The fourth-order valence-corrected chi connectivity index (χ4v) is 4.43. The van der Waals surface area contributed by atoms with Gasteiger partial charge < -0.3 is 9.32 Å². The van der Waals surface area contributed by atoms with Crippen molar-refractivity contribution in [3.05, 3.63) is 117 Å². The predicted octanol–water partition coefficient (Wildman–Crippen LogP) is 5.97. The van der Waals surface area contributed by atoms with Gasteiger partial charge in [0.15, 0.2) is 5.43 Å². The van der Waals surface area contributed by atoms with Crippen molar-refractivity contribution in [2.24, 2.45) is 0 Å². The largest absolute Gasteiger partial charge is 0.450 e. The van der Waals surface area contributed by atoms with Crippen LogP contribution in [0.2, 0.25) is 0 Å². The number of nitrogens with zero attached hydrogens (tertiary/aromatic N) is 1.